The second kappa shape index (κ2) is 6.95. The summed E-state index contributed by atoms with van der Waals surface area (Å²) in [6, 6.07) is 10.5. The molecule has 0 unspecified atom stereocenters. The van der Waals surface area contributed by atoms with E-state index < -0.39 is 0 Å². The van der Waals surface area contributed by atoms with Crippen molar-refractivity contribution in [3.8, 4) is 11.1 Å². The third kappa shape index (κ3) is 3.44. The Bertz CT molecular complexity index is 691. The van der Waals surface area contributed by atoms with E-state index in [9.17, 15) is 4.79 Å². The number of rotatable bonds is 4. The summed E-state index contributed by atoms with van der Waals surface area (Å²) < 4.78 is 6.70. The summed E-state index contributed by atoms with van der Waals surface area (Å²) in [6.45, 7) is 8.81. The van der Waals surface area contributed by atoms with Crippen LogP contribution in [0.15, 0.2) is 36.5 Å². The lowest BCUT2D eigenvalue weighted by Gasteiger charge is -2.19. The first-order valence-electron chi connectivity index (χ1n) is 8.08. The molecule has 122 valence electrons. The van der Waals surface area contributed by atoms with E-state index in [2.05, 4.69) is 52.0 Å². The summed E-state index contributed by atoms with van der Waals surface area (Å²) in [4.78, 5) is 12.0. The van der Waals surface area contributed by atoms with Crippen LogP contribution in [0, 0.1) is 0 Å². The van der Waals surface area contributed by atoms with Crippen LogP contribution >= 0.6 is 0 Å². The average Bonchev–Trinajstić information content (AvgIpc) is 2.53. The summed E-state index contributed by atoms with van der Waals surface area (Å²) in [7, 11) is 3.27. The maximum atomic E-state index is 12.0. The molecule has 0 saturated carbocycles. The first kappa shape index (κ1) is 17.2. The predicted molar refractivity (Wildman–Crippen MR) is 92.6 cm³/mol. The van der Waals surface area contributed by atoms with E-state index in [0.717, 1.165) is 5.56 Å². The van der Waals surface area contributed by atoms with E-state index in [1.165, 1.54) is 23.8 Å². The van der Waals surface area contributed by atoms with Gasteiger partial charge < -0.3 is 4.74 Å². The fraction of sp³-hybridized carbons (Fsp3) is 0.400. The Morgan fingerprint density at radius 3 is 2.09 bits per heavy atom. The van der Waals surface area contributed by atoms with E-state index >= 15 is 0 Å². The Morgan fingerprint density at radius 2 is 1.61 bits per heavy atom. The van der Waals surface area contributed by atoms with Crippen molar-refractivity contribution in [2.75, 3.05) is 7.11 Å². The van der Waals surface area contributed by atoms with Gasteiger partial charge in [-0.1, -0.05) is 45.9 Å². The number of hydrogen-bond donors (Lipinski definition) is 0. The number of carbonyl (C=O) groups excluding carboxylic acids is 1. The highest BCUT2D eigenvalue weighted by Gasteiger charge is 2.22. The zero-order chi connectivity index (χ0) is 17.1. The molecule has 1 aromatic carbocycles. The molecule has 1 heterocycles. The van der Waals surface area contributed by atoms with Crippen molar-refractivity contribution in [2.45, 2.75) is 39.5 Å². The van der Waals surface area contributed by atoms with E-state index in [-0.39, 0.29) is 5.97 Å². The monoisotopic (exact) mass is 312 g/mol. The molecular formula is C20H26NO2+. The van der Waals surface area contributed by atoms with Crippen LogP contribution in [0.4, 0.5) is 0 Å². The summed E-state index contributed by atoms with van der Waals surface area (Å²) in [5.41, 5.74) is 5.47. The van der Waals surface area contributed by atoms with Crippen molar-refractivity contribution in [1.29, 1.82) is 0 Å². The molecule has 0 N–H and O–H groups in total. The zero-order valence-electron chi connectivity index (χ0n) is 14.9. The highest BCUT2D eigenvalue weighted by Crippen LogP contribution is 2.35. The van der Waals surface area contributed by atoms with Crippen LogP contribution < -0.4 is 4.57 Å². The molecule has 0 fully saturated rings. The summed E-state index contributed by atoms with van der Waals surface area (Å²) in [6.07, 6.45) is 1.92. The first-order chi connectivity index (χ1) is 10.9. The van der Waals surface area contributed by atoms with Gasteiger partial charge in [0, 0.05) is 12.1 Å². The number of aromatic nitrogens is 1. The van der Waals surface area contributed by atoms with Crippen LogP contribution in [0.2, 0.25) is 0 Å². The largest absolute Gasteiger partial charge is 0.461 e. The van der Waals surface area contributed by atoms with Crippen molar-refractivity contribution in [2.24, 2.45) is 7.05 Å². The summed E-state index contributed by atoms with van der Waals surface area (Å²) >= 11 is 0. The van der Waals surface area contributed by atoms with Gasteiger partial charge in [0.05, 0.1) is 7.11 Å². The molecule has 0 saturated heterocycles. The van der Waals surface area contributed by atoms with Gasteiger partial charge in [-0.25, -0.2) is 4.79 Å². The van der Waals surface area contributed by atoms with Crippen molar-refractivity contribution < 1.29 is 14.1 Å². The normalized spacial score (nSPS) is 11.1. The highest BCUT2D eigenvalue weighted by molar-refractivity contribution is 5.87. The number of pyridine rings is 1. The maximum Gasteiger partial charge on any atom is 0.403 e. The van der Waals surface area contributed by atoms with Crippen LogP contribution in [0.25, 0.3) is 11.1 Å². The number of esters is 1. The summed E-state index contributed by atoms with van der Waals surface area (Å²) in [5, 5.41) is 0. The third-order valence-electron chi connectivity index (χ3n) is 4.21. The maximum absolute atomic E-state index is 12.0. The van der Waals surface area contributed by atoms with E-state index in [4.69, 9.17) is 4.74 Å². The van der Waals surface area contributed by atoms with Crippen LogP contribution in [0.5, 0.6) is 0 Å². The second-order valence-electron chi connectivity index (χ2n) is 6.52. The molecule has 23 heavy (non-hydrogen) atoms. The fourth-order valence-corrected chi connectivity index (χ4v) is 2.92. The van der Waals surface area contributed by atoms with Crippen molar-refractivity contribution in [3.05, 3.63) is 53.3 Å². The van der Waals surface area contributed by atoms with Gasteiger partial charge in [-0.2, -0.15) is 4.57 Å². The molecular weight excluding hydrogens is 286 g/mol. The van der Waals surface area contributed by atoms with Crippen LogP contribution in [-0.2, 0) is 11.8 Å². The fourth-order valence-electron chi connectivity index (χ4n) is 2.92. The van der Waals surface area contributed by atoms with Crippen LogP contribution in [0.3, 0.4) is 0 Å². The minimum atomic E-state index is -0.317. The Balaban J connectivity index is 2.73. The molecule has 2 rings (SSSR count). The van der Waals surface area contributed by atoms with Crippen molar-refractivity contribution in [3.63, 3.8) is 0 Å². The molecule has 0 aliphatic rings. The number of ether oxygens (including phenoxy) is 1. The number of aryl methyl sites for hydroxylation is 1. The molecule has 0 bridgehead atoms. The van der Waals surface area contributed by atoms with Crippen LogP contribution in [-0.4, -0.2) is 13.1 Å². The van der Waals surface area contributed by atoms with Gasteiger partial charge in [-0.15, -0.1) is 0 Å². The zero-order valence-corrected chi connectivity index (χ0v) is 14.9. The molecule has 0 radical (unpaired) electrons. The van der Waals surface area contributed by atoms with Gasteiger partial charge in [-0.05, 0) is 34.1 Å². The van der Waals surface area contributed by atoms with E-state index in [1.807, 2.05) is 19.3 Å². The number of hydrogen-bond acceptors (Lipinski definition) is 2. The summed E-state index contributed by atoms with van der Waals surface area (Å²) in [5.74, 6) is 0.515. The Kier molecular flexibility index (Phi) is 5.19. The number of nitrogens with zero attached hydrogens (tertiary/aromatic N) is 1. The molecule has 3 heteroatoms. The minimum absolute atomic E-state index is 0.317. The lowest BCUT2D eigenvalue weighted by Crippen LogP contribution is -2.36. The van der Waals surface area contributed by atoms with Crippen molar-refractivity contribution in [1.82, 2.24) is 0 Å². The van der Waals surface area contributed by atoms with Gasteiger partial charge in [0.25, 0.3) is 5.69 Å². The number of carbonyl (C=O) groups is 1. The highest BCUT2D eigenvalue weighted by atomic mass is 16.5. The van der Waals surface area contributed by atoms with E-state index in [1.54, 1.807) is 4.57 Å². The molecule has 2 aromatic rings. The Labute approximate surface area is 138 Å². The topological polar surface area (TPSA) is 30.2 Å². The smallest absolute Gasteiger partial charge is 0.403 e. The molecule has 0 aliphatic carbocycles. The molecule has 3 nitrogen and oxygen atoms in total. The van der Waals surface area contributed by atoms with Gasteiger partial charge in [0.2, 0.25) is 0 Å². The quantitative estimate of drug-likeness (QED) is 0.625. The minimum Gasteiger partial charge on any atom is -0.461 e. The average molecular weight is 312 g/mol. The predicted octanol–water partition coefficient (Wildman–Crippen LogP) is 4.21. The molecule has 0 atom stereocenters. The number of benzene rings is 1. The van der Waals surface area contributed by atoms with E-state index in [0.29, 0.717) is 17.5 Å². The lowest BCUT2D eigenvalue weighted by atomic mass is 9.85. The van der Waals surface area contributed by atoms with Gasteiger partial charge >= 0.3 is 5.97 Å². The van der Waals surface area contributed by atoms with Gasteiger partial charge in [0.15, 0.2) is 6.20 Å². The molecule has 1 aromatic heterocycles. The molecule has 0 aliphatic heterocycles. The SMILES string of the molecule is COC(=O)c1cc(-c2c(C(C)C)cccc2C(C)C)cc[n+]1C. The van der Waals surface area contributed by atoms with Gasteiger partial charge in [0.1, 0.15) is 7.05 Å². The Hall–Kier alpha value is -2.16. The second-order valence-corrected chi connectivity index (χ2v) is 6.52. The molecule has 0 amide bonds. The van der Waals surface area contributed by atoms with Crippen molar-refractivity contribution >= 4 is 5.97 Å². The third-order valence-corrected chi connectivity index (χ3v) is 4.21. The Morgan fingerprint density at radius 1 is 1.04 bits per heavy atom. The first-order valence-corrected chi connectivity index (χ1v) is 8.08. The molecule has 0 spiro atoms. The standard InChI is InChI=1S/C20H26NO2/c1-13(2)16-8-7-9-17(14(3)4)19(16)15-10-11-21(5)18(12-15)20(22)23-6/h7-14H,1-6H3/q+1. The lowest BCUT2D eigenvalue weighted by molar-refractivity contribution is -0.674. The van der Waals surface area contributed by atoms with Gasteiger partial charge in [-0.3, -0.25) is 0 Å². The number of methoxy groups -OCH3 is 1. The van der Waals surface area contributed by atoms with Crippen LogP contribution in [0.1, 0.15) is 61.1 Å².